The first-order valence-corrected chi connectivity index (χ1v) is 7.59. The molecule has 2 nitrogen and oxygen atoms in total. The molecule has 0 amide bonds. The number of hydrogen-bond acceptors (Lipinski definition) is 1. The summed E-state index contributed by atoms with van der Waals surface area (Å²) in [6.07, 6.45) is 3.44. The van der Waals surface area contributed by atoms with Crippen LogP contribution in [0.4, 0.5) is 0 Å². The number of aromatic nitrogens is 1. The Kier molecular flexibility index (Phi) is 3.44. The van der Waals surface area contributed by atoms with Crippen molar-refractivity contribution in [2.75, 3.05) is 0 Å². The van der Waals surface area contributed by atoms with E-state index >= 15 is 0 Å². The highest BCUT2D eigenvalue weighted by Crippen LogP contribution is 2.42. The molecule has 0 fully saturated rings. The lowest BCUT2D eigenvalue weighted by atomic mass is 10.2. The van der Waals surface area contributed by atoms with Gasteiger partial charge in [0.1, 0.15) is 5.76 Å². The number of H-pyrrole nitrogens is 1. The fourth-order valence-electron chi connectivity index (χ4n) is 2.21. The van der Waals surface area contributed by atoms with Crippen LogP contribution >= 0.6 is 31.9 Å². The second-order valence-electron chi connectivity index (χ2n) is 4.29. The quantitative estimate of drug-likeness (QED) is 0.561. The van der Waals surface area contributed by atoms with E-state index in [1.807, 2.05) is 18.2 Å². The zero-order valence-corrected chi connectivity index (χ0v) is 13.7. The van der Waals surface area contributed by atoms with Crippen LogP contribution in [0.3, 0.4) is 0 Å². The standard InChI is InChI=1S/C16H11Br2NO/c1-3-9-12(4-2)20-16(14(9)18)15-13(17)10-7-5-6-8-11(10)19-15/h3-8,19H,1-2H2. The maximum atomic E-state index is 5.88. The normalized spacial score (nSPS) is 10.9. The van der Waals surface area contributed by atoms with Gasteiger partial charge in [0, 0.05) is 16.5 Å². The lowest BCUT2D eigenvalue weighted by Crippen LogP contribution is -1.76. The van der Waals surface area contributed by atoms with Crippen LogP contribution in [0.5, 0.6) is 0 Å². The molecule has 100 valence electrons. The zero-order valence-electron chi connectivity index (χ0n) is 10.5. The van der Waals surface area contributed by atoms with Crippen molar-refractivity contribution in [1.29, 1.82) is 0 Å². The fourth-order valence-corrected chi connectivity index (χ4v) is 3.47. The summed E-state index contributed by atoms with van der Waals surface area (Å²) in [5.41, 5.74) is 2.85. The summed E-state index contributed by atoms with van der Waals surface area (Å²) >= 11 is 7.21. The minimum absolute atomic E-state index is 0.701. The maximum absolute atomic E-state index is 5.88. The first-order valence-electron chi connectivity index (χ1n) is 6.01. The van der Waals surface area contributed by atoms with Crippen molar-refractivity contribution in [2.24, 2.45) is 0 Å². The van der Waals surface area contributed by atoms with E-state index in [0.29, 0.717) is 5.76 Å². The Bertz CT molecular complexity index is 826. The lowest BCUT2D eigenvalue weighted by Gasteiger charge is -1.95. The zero-order chi connectivity index (χ0) is 14.3. The van der Waals surface area contributed by atoms with Crippen molar-refractivity contribution >= 4 is 54.9 Å². The molecule has 2 heterocycles. The Morgan fingerprint density at radius 1 is 1.05 bits per heavy atom. The summed E-state index contributed by atoms with van der Waals surface area (Å²) in [7, 11) is 0. The summed E-state index contributed by atoms with van der Waals surface area (Å²) in [4.78, 5) is 3.37. The van der Waals surface area contributed by atoms with Crippen molar-refractivity contribution in [1.82, 2.24) is 4.98 Å². The third-order valence-corrected chi connectivity index (χ3v) is 4.78. The van der Waals surface area contributed by atoms with Gasteiger partial charge in [-0.05, 0) is 44.0 Å². The van der Waals surface area contributed by atoms with Crippen LogP contribution in [0.1, 0.15) is 11.3 Å². The van der Waals surface area contributed by atoms with Crippen LogP contribution in [-0.2, 0) is 0 Å². The Morgan fingerprint density at radius 2 is 1.80 bits per heavy atom. The Balaban J connectivity index is 2.31. The van der Waals surface area contributed by atoms with Crippen LogP contribution in [0.2, 0.25) is 0 Å². The van der Waals surface area contributed by atoms with E-state index < -0.39 is 0 Å². The molecule has 0 aliphatic rings. The van der Waals surface area contributed by atoms with Gasteiger partial charge in [-0.1, -0.05) is 37.4 Å². The number of rotatable bonds is 3. The second-order valence-corrected chi connectivity index (χ2v) is 5.88. The first kappa shape index (κ1) is 13.5. The molecule has 0 aliphatic carbocycles. The minimum atomic E-state index is 0.701. The molecule has 0 atom stereocenters. The Hall–Kier alpha value is -1.52. The summed E-state index contributed by atoms with van der Waals surface area (Å²) < 4.78 is 7.74. The summed E-state index contributed by atoms with van der Waals surface area (Å²) in [5.74, 6) is 1.44. The van der Waals surface area contributed by atoms with Crippen molar-refractivity contribution in [3.63, 3.8) is 0 Å². The molecular formula is C16H11Br2NO. The molecule has 1 aromatic carbocycles. The molecule has 4 heteroatoms. The van der Waals surface area contributed by atoms with Gasteiger partial charge in [0.25, 0.3) is 0 Å². The summed E-state index contributed by atoms with van der Waals surface area (Å²) in [5, 5.41) is 1.12. The largest absolute Gasteiger partial charge is 0.453 e. The molecule has 0 bridgehead atoms. The van der Waals surface area contributed by atoms with Crippen LogP contribution in [-0.4, -0.2) is 4.98 Å². The second kappa shape index (κ2) is 5.11. The average Bonchev–Trinajstić information content (AvgIpc) is 2.97. The van der Waals surface area contributed by atoms with E-state index in [-0.39, 0.29) is 0 Å². The van der Waals surface area contributed by atoms with Gasteiger partial charge in [-0.3, -0.25) is 0 Å². The van der Waals surface area contributed by atoms with E-state index in [1.54, 1.807) is 12.2 Å². The van der Waals surface area contributed by atoms with Gasteiger partial charge >= 0.3 is 0 Å². The number of benzene rings is 1. The van der Waals surface area contributed by atoms with Gasteiger partial charge in [-0.15, -0.1) is 0 Å². The fraction of sp³-hybridized carbons (Fsp3) is 0. The Labute approximate surface area is 133 Å². The predicted octanol–water partition coefficient (Wildman–Crippen LogP) is 6.24. The third kappa shape index (κ3) is 1.91. The van der Waals surface area contributed by atoms with E-state index in [1.165, 1.54) is 0 Å². The number of furan rings is 1. The summed E-state index contributed by atoms with van der Waals surface area (Å²) in [6.45, 7) is 7.58. The summed E-state index contributed by atoms with van der Waals surface area (Å²) in [6, 6.07) is 8.09. The number of fused-ring (bicyclic) bond motifs is 1. The highest BCUT2D eigenvalue weighted by Gasteiger charge is 2.20. The molecule has 20 heavy (non-hydrogen) atoms. The molecule has 1 N–H and O–H groups in total. The van der Waals surface area contributed by atoms with Gasteiger partial charge < -0.3 is 9.40 Å². The molecule has 0 saturated carbocycles. The topological polar surface area (TPSA) is 28.9 Å². The maximum Gasteiger partial charge on any atom is 0.166 e. The van der Waals surface area contributed by atoms with Crippen LogP contribution in [0.25, 0.3) is 34.5 Å². The van der Waals surface area contributed by atoms with Crippen LogP contribution < -0.4 is 0 Å². The molecular weight excluding hydrogens is 382 g/mol. The number of hydrogen-bond donors (Lipinski definition) is 1. The minimum Gasteiger partial charge on any atom is -0.453 e. The lowest BCUT2D eigenvalue weighted by molar-refractivity contribution is 0.568. The van der Waals surface area contributed by atoms with Gasteiger partial charge in [-0.25, -0.2) is 0 Å². The molecule has 0 unspecified atom stereocenters. The van der Waals surface area contributed by atoms with Gasteiger partial charge in [-0.2, -0.15) is 0 Å². The average molecular weight is 393 g/mol. The van der Waals surface area contributed by atoms with Gasteiger partial charge in [0.2, 0.25) is 0 Å². The van der Waals surface area contributed by atoms with Crippen molar-refractivity contribution in [3.8, 4) is 11.5 Å². The van der Waals surface area contributed by atoms with Crippen LogP contribution in [0.15, 0.2) is 50.8 Å². The third-order valence-electron chi connectivity index (χ3n) is 3.17. The van der Waals surface area contributed by atoms with Crippen molar-refractivity contribution < 1.29 is 4.42 Å². The molecule has 0 spiro atoms. The van der Waals surface area contributed by atoms with Gasteiger partial charge in [0.05, 0.1) is 14.6 Å². The predicted molar refractivity (Wildman–Crippen MR) is 91.6 cm³/mol. The monoisotopic (exact) mass is 391 g/mol. The number of halogens is 2. The first-order chi connectivity index (χ1) is 9.67. The SMILES string of the molecule is C=Cc1oc(-c2[nH]c3ccccc3c2Br)c(Br)c1C=C. The molecule has 0 radical (unpaired) electrons. The molecule has 2 aromatic heterocycles. The van der Waals surface area contributed by atoms with Crippen molar-refractivity contribution in [3.05, 3.63) is 57.7 Å². The molecule has 3 aromatic rings. The number of aromatic amines is 1. The number of nitrogens with one attached hydrogen (secondary N) is 1. The smallest absolute Gasteiger partial charge is 0.166 e. The highest BCUT2D eigenvalue weighted by molar-refractivity contribution is 9.11. The Morgan fingerprint density at radius 3 is 2.40 bits per heavy atom. The number of para-hydroxylation sites is 1. The molecule has 3 rings (SSSR count). The molecule has 0 aliphatic heterocycles. The van der Waals surface area contributed by atoms with E-state index in [4.69, 9.17) is 4.42 Å². The van der Waals surface area contributed by atoms with Crippen LogP contribution in [0, 0.1) is 0 Å². The molecule has 0 saturated heterocycles. The van der Waals surface area contributed by atoms with E-state index in [2.05, 4.69) is 56.1 Å². The van der Waals surface area contributed by atoms with Crippen molar-refractivity contribution in [2.45, 2.75) is 0 Å². The van der Waals surface area contributed by atoms with E-state index in [9.17, 15) is 0 Å². The van der Waals surface area contributed by atoms with E-state index in [0.717, 1.165) is 36.9 Å². The van der Waals surface area contributed by atoms with Gasteiger partial charge in [0.15, 0.2) is 5.76 Å². The highest BCUT2D eigenvalue weighted by atomic mass is 79.9.